The van der Waals surface area contributed by atoms with Gasteiger partial charge in [0.05, 0.1) is 14.2 Å². The van der Waals surface area contributed by atoms with Crippen LogP contribution in [0.5, 0.6) is 11.5 Å². The Hall–Kier alpha value is -4.01. The normalized spacial score (nSPS) is 15.6. The van der Waals surface area contributed by atoms with Gasteiger partial charge in [0.2, 0.25) is 5.91 Å². The number of hydrogen-bond donors (Lipinski definition) is 3. The largest absolute Gasteiger partial charge is 0.493 e. The number of carbonyl (C=O) groups excluding carboxylic acids is 3. The minimum Gasteiger partial charge on any atom is -0.493 e. The molecule has 1 aliphatic rings. The number of fused-ring (bicyclic) bond motifs is 1. The van der Waals surface area contributed by atoms with Gasteiger partial charge < -0.3 is 25.1 Å². The maximum atomic E-state index is 12.7. The molecule has 9 heteroatoms. The molecule has 4 rings (SSSR count). The third-order valence-corrected chi connectivity index (χ3v) is 5.71. The lowest BCUT2D eigenvalue weighted by Gasteiger charge is -2.13. The van der Waals surface area contributed by atoms with Crippen LogP contribution in [0.25, 0.3) is 10.9 Å². The molecule has 4 amide bonds. The number of hydrogen-bond acceptors (Lipinski definition) is 5. The van der Waals surface area contributed by atoms with Crippen molar-refractivity contribution >= 4 is 34.4 Å². The Balaban J connectivity index is 1.30. The van der Waals surface area contributed by atoms with E-state index in [0.717, 1.165) is 16.5 Å². The molecule has 1 saturated heterocycles. The Labute approximate surface area is 191 Å². The smallest absolute Gasteiger partial charge is 0.324 e. The maximum absolute atomic E-state index is 12.7. The zero-order valence-corrected chi connectivity index (χ0v) is 18.5. The first kappa shape index (κ1) is 22.2. The zero-order chi connectivity index (χ0) is 23.4. The van der Waals surface area contributed by atoms with Crippen LogP contribution in [0.15, 0.2) is 48.7 Å². The molecule has 1 fully saturated rings. The predicted octanol–water partition coefficient (Wildman–Crippen LogP) is 3.07. The van der Waals surface area contributed by atoms with Gasteiger partial charge in [-0.15, -0.1) is 0 Å². The van der Waals surface area contributed by atoms with Crippen molar-refractivity contribution in [2.45, 2.75) is 25.3 Å². The van der Waals surface area contributed by atoms with Gasteiger partial charge in [-0.2, -0.15) is 0 Å². The van der Waals surface area contributed by atoms with E-state index in [2.05, 4.69) is 15.6 Å². The highest BCUT2D eigenvalue weighted by Gasteiger charge is 2.37. The second kappa shape index (κ2) is 9.64. The fraction of sp³-hybridized carbons (Fsp3) is 0.292. The monoisotopic (exact) mass is 450 g/mol. The van der Waals surface area contributed by atoms with E-state index in [4.69, 9.17) is 9.47 Å². The number of imide groups is 1. The number of benzene rings is 2. The van der Waals surface area contributed by atoms with E-state index >= 15 is 0 Å². The van der Waals surface area contributed by atoms with Gasteiger partial charge in [0.15, 0.2) is 11.5 Å². The Morgan fingerprint density at radius 2 is 1.88 bits per heavy atom. The minimum absolute atomic E-state index is 0.0846. The van der Waals surface area contributed by atoms with E-state index in [9.17, 15) is 14.4 Å². The summed E-state index contributed by atoms with van der Waals surface area (Å²) < 4.78 is 10.4. The molecule has 1 atom stereocenters. The summed E-state index contributed by atoms with van der Waals surface area (Å²) in [5.41, 5.74) is 2.62. The van der Waals surface area contributed by atoms with Gasteiger partial charge in [-0.1, -0.05) is 18.2 Å². The number of aromatic amines is 1. The average Bonchev–Trinajstić information content (AvgIpc) is 3.36. The molecule has 0 spiro atoms. The number of H-pyrrole nitrogens is 1. The molecule has 33 heavy (non-hydrogen) atoms. The number of amides is 4. The third kappa shape index (κ3) is 4.77. The number of nitrogens with zero attached hydrogens (tertiary/aromatic N) is 1. The van der Waals surface area contributed by atoms with Crippen molar-refractivity contribution in [3.8, 4) is 11.5 Å². The van der Waals surface area contributed by atoms with Crippen LogP contribution in [0.3, 0.4) is 0 Å². The summed E-state index contributed by atoms with van der Waals surface area (Å²) in [6, 6.07) is 11.8. The number of anilines is 1. The molecule has 9 nitrogen and oxygen atoms in total. The van der Waals surface area contributed by atoms with Gasteiger partial charge in [0, 0.05) is 41.8 Å². The second-order valence-corrected chi connectivity index (χ2v) is 7.76. The van der Waals surface area contributed by atoms with E-state index in [0.29, 0.717) is 23.6 Å². The summed E-state index contributed by atoms with van der Waals surface area (Å²) in [6.45, 7) is 0.279. The average molecular weight is 450 g/mol. The Morgan fingerprint density at radius 3 is 2.67 bits per heavy atom. The second-order valence-electron chi connectivity index (χ2n) is 7.76. The summed E-state index contributed by atoms with van der Waals surface area (Å²) in [5, 5.41) is 6.54. The van der Waals surface area contributed by atoms with Gasteiger partial charge in [-0.3, -0.25) is 14.5 Å². The van der Waals surface area contributed by atoms with Crippen LogP contribution in [0.2, 0.25) is 0 Å². The zero-order valence-electron chi connectivity index (χ0n) is 18.5. The van der Waals surface area contributed by atoms with E-state index in [1.165, 1.54) is 19.1 Å². The standard InChI is InChI=1S/C24H26N4O5/c1-32-20-9-7-16(13-21(20)33-2)26-22(29)10-8-19-23(30)28(24(31)27-19)12-11-15-14-25-18-6-4-3-5-17(15)18/h3-7,9,13-14,19,25H,8,10-12H2,1-2H3,(H,26,29)(H,27,31). The lowest BCUT2D eigenvalue weighted by molar-refractivity contribution is -0.127. The molecule has 172 valence electrons. The number of methoxy groups -OCH3 is 2. The quantitative estimate of drug-likeness (QED) is 0.434. The molecule has 2 heterocycles. The van der Waals surface area contributed by atoms with Crippen molar-refractivity contribution in [1.82, 2.24) is 15.2 Å². The number of rotatable bonds is 9. The van der Waals surface area contributed by atoms with E-state index in [-0.39, 0.29) is 31.2 Å². The lowest BCUT2D eigenvalue weighted by Crippen LogP contribution is -2.33. The molecule has 0 aliphatic carbocycles. The topological polar surface area (TPSA) is 113 Å². The highest BCUT2D eigenvalue weighted by Crippen LogP contribution is 2.29. The van der Waals surface area contributed by atoms with Gasteiger partial charge in [-0.05, 0) is 36.6 Å². The molecule has 0 bridgehead atoms. The number of nitrogens with one attached hydrogen (secondary N) is 3. The highest BCUT2D eigenvalue weighted by molar-refractivity contribution is 6.04. The molecular weight excluding hydrogens is 424 g/mol. The molecule has 0 radical (unpaired) electrons. The van der Waals surface area contributed by atoms with E-state index in [1.807, 2.05) is 30.5 Å². The van der Waals surface area contributed by atoms with E-state index < -0.39 is 12.1 Å². The van der Waals surface area contributed by atoms with Gasteiger partial charge in [0.1, 0.15) is 6.04 Å². The van der Waals surface area contributed by atoms with Crippen molar-refractivity contribution in [3.63, 3.8) is 0 Å². The van der Waals surface area contributed by atoms with Crippen LogP contribution in [0.4, 0.5) is 10.5 Å². The number of para-hydroxylation sites is 1. The van der Waals surface area contributed by atoms with Crippen LogP contribution < -0.4 is 20.1 Å². The number of ether oxygens (including phenoxy) is 2. The van der Waals surface area contributed by atoms with Crippen molar-refractivity contribution in [2.75, 3.05) is 26.1 Å². The Kier molecular flexibility index (Phi) is 6.48. The van der Waals surface area contributed by atoms with Crippen LogP contribution in [0, 0.1) is 0 Å². The fourth-order valence-corrected chi connectivity index (χ4v) is 3.97. The Morgan fingerprint density at radius 1 is 1.09 bits per heavy atom. The summed E-state index contributed by atoms with van der Waals surface area (Å²) >= 11 is 0. The van der Waals surface area contributed by atoms with Crippen LogP contribution in [-0.2, 0) is 16.0 Å². The summed E-state index contributed by atoms with van der Waals surface area (Å²) in [6.07, 6.45) is 2.75. The van der Waals surface area contributed by atoms with Crippen LogP contribution >= 0.6 is 0 Å². The summed E-state index contributed by atoms with van der Waals surface area (Å²) in [7, 11) is 3.05. The molecule has 1 unspecified atom stereocenters. The first-order valence-electron chi connectivity index (χ1n) is 10.7. The first-order chi connectivity index (χ1) is 16.0. The minimum atomic E-state index is -0.711. The number of aromatic nitrogens is 1. The predicted molar refractivity (Wildman–Crippen MR) is 123 cm³/mol. The van der Waals surface area contributed by atoms with E-state index in [1.54, 1.807) is 18.2 Å². The Bertz CT molecular complexity index is 1190. The van der Waals surface area contributed by atoms with Crippen molar-refractivity contribution < 1.29 is 23.9 Å². The summed E-state index contributed by atoms with van der Waals surface area (Å²) in [5.74, 6) is 0.488. The molecule has 1 aromatic heterocycles. The first-order valence-corrected chi connectivity index (χ1v) is 10.7. The molecule has 3 aromatic rings. The highest BCUT2D eigenvalue weighted by atomic mass is 16.5. The SMILES string of the molecule is COc1ccc(NC(=O)CCC2NC(=O)N(CCc3c[nH]c4ccccc34)C2=O)cc1OC. The molecule has 2 aromatic carbocycles. The van der Waals surface area contributed by atoms with Crippen LogP contribution in [-0.4, -0.2) is 54.5 Å². The molecule has 1 aliphatic heterocycles. The molecule has 3 N–H and O–H groups in total. The van der Waals surface area contributed by atoms with Gasteiger partial charge in [-0.25, -0.2) is 4.79 Å². The fourth-order valence-electron chi connectivity index (χ4n) is 3.97. The molecule has 0 saturated carbocycles. The number of carbonyl (C=O) groups is 3. The van der Waals surface area contributed by atoms with Gasteiger partial charge in [0.25, 0.3) is 5.91 Å². The van der Waals surface area contributed by atoms with Gasteiger partial charge >= 0.3 is 6.03 Å². The third-order valence-electron chi connectivity index (χ3n) is 5.71. The summed E-state index contributed by atoms with van der Waals surface area (Å²) in [4.78, 5) is 41.9. The maximum Gasteiger partial charge on any atom is 0.324 e. The lowest BCUT2D eigenvalue weighted by atomic mass is 10.1. The van der Waals surface area contributed by atoms with Crippen LogP contribution in [0.1, 0.15) is 18.4 Å². The van der Waals surface area contributed by atoms with Crippen molar-refractivity contribution in [3.05, 3.63) is 54.2 Å². The molecular formula is C24H26N4O5. The van der Waals surface area contributed by atoms with Crippen molar-refractivity contribution in [2.24, 2.45) is 0 Å². The van der Waals surface area contributed by atoms with Crippen molar-refractivity contribution in [1.29, 1.82) is 0 Å². The number of urea groups is 1.